The number of aliphatic hydroxyl groups is 2. The molecule has 2 atom stereocenters. The molecule has 184 valence electrons. The van der Waals surface area contributed by atoms with Crippen molar-refractivity contribution in [2.45, 2.75) is 71.5 Å². The van der Waals surface area contributed by atoms with Gasteiger partial charge < -0.3 is 20.6 Å². The number of halogens is 1. The number of hydrogen-bond donors (Lipinski definition) is 4. The number of carboxylic acids is 1. The summed E-state index contributed by atoms with van der Waals surface area (Å²) in [6.07, 6.45) is -2.04. The van der Waals surface area contributed by atoms with E-state index in [0.29, 0.717) is 24.3 Å². The predicted octanol–water partition coefficient (Wildman–Crippen LogP) is 2.39. The first kappa shape index (κ1) is 30.3. The SMILES string of the molecule is CC(C)CNC(=O)c1nn(-c2ccc(F)cc2)c(CC[C@@H](O)C[C@@H](O)CC(=O)O)c1C(C)C.[NaH]. The molecule has 0 aliphatic rings. The Morgan fingerprint density at radius 2 is 1.71 bits per heavy atom. The third-order valence-electron chi connectivity index (χ3n) is 5.22. The Labute approximate surface area is 221 Å². The molecule has 8 nitrogen and oxygen atoms in total. The van der Waals surface area contributed by atoms with E-state index in [9.17, 15) is 24.2 Å². The summed E-state index contributed by atoms with van der Waals surface area (Å²) in [5, 5.41) is 36.4. The summed E-state index contributed by atoms with van der Waals surface area (Å²) < 4.78 is 15.1. The van der Waals surface area contributed by atoms with Gasteiger partial charge in [0.25, 0.3) is 5.91 Å². The van der Waals surface area contributed by atoms with Gasteiger partial charge in [0.15, 0.2) is 5.69 Å². The fraction of sp³-hybridized carbons (Fsp3) is 0.542. The Balaban J connectivity index is 0.00000578. The van der Waals surface area contributed by atoms with Gasteiger partial charge in [0.1, 0.15) is 5.82 Å². The van der Waals surface area contributed by atoms with Gasteiger partial charge in [-0.1, -0.05) is 27.7 Å². The molecule has 0 bridgehead atoms. The molecule has 1 heterocycles. The molecule has 0 aliphatic carbocycles. The van der Waals surface area contributed by atoms with Crippen molar-refractivity contribution in [2.75, 3.05) is 6.54 Å². The number of nitrogens with one attached hydrogen (secondary N) is 1. The summed E-state index contributed by atoms with van der Waals surface area (Å²) in [4.78, 5) is 23.7. The minimum absolute atomic E-state index is 0. The van der Waals surface area contributed by atoms with Crippen molar-refractivity contribution in [3.63, 3.8) is 0 Å². The van der Waals surface area contributed by atoms with Crippen LogP contribution in [0.4, 0.5) is 4.39 Å². The normalized spacial score (nSPS) is 13.0. The first-order valence-corrected chi connectivity index (χ1v) is 11.2. The molecule has 2 aromatic rings. The van der Waals surface area contributed by atoms with Crippen LogP contribution in [0.1, 0.15) is 74.6 Å². The van der Waals surface area contributed by atoms with Crippen LogP contribution >= 0.6 is 0 Å². The molecule has 34 heavy (non-hydrogen) atoms. The van der Waals surface area contributed by atoms with Crippen LogP contribution in [0.3, 0.4) is 0 Å². The number of rotatable bonds is 12. The molecule has 0 spiro atoms. The second-order valence-corrected chi connectivity index (χ2v) is 9.04. The zero-order chi connectivity index (χ0) is 24.7. The van der Waals surface area contributed by atoms with Crippen LogP contribution in [0.2, 0.25) is 0 Å². The van der Waals surface area contributed by atoms with E-state index in [0.717, 1.165) is 5.56 Å². The first-order valence-electron chi connectivity index (χ1n) is 11.2. The van der Waals surface area contributed by atoms with Crippen molar-refractivity contribution >= 4 is 41.4 Å². The van der Waals surface area contributed by atoms with Gasteiger partial charge in [-0.25, -0.2) is 9.07 Å². The van der Waals surface area contributed by atoms with Crippen LogP contribution in [-0.4, -0.2) is 85.3 Å². The number of nitrogens with zero attached hydrogens (tertiary/aromatic N) is 2. The fourth-order valence-electron chi connectivity index (χ4n) is 3.68. The zero-order valence-electron chi connectivity index (χ0n) is 19.6. The van der Waals surface area contributed by atoms with Gasteiger partial charge in [-0.3, -0.25) is 9.59 Å². The van der Waals surface area contributed by atoms with E-state index in [4.69, 9.17) is 5.11 Å². The van der Waals surface area contributed by atoms with Gasteiger partial charge in [-0.05, 0) is 55.4 Å². The van der Waals surface area contributed by atoms with Gasteiger partial charge in [0.05, 0.1) is 24.3 Å². The van der Waals surface area contributed by atoms with Crippen molar-refractivity contribution in [1.29, 1.82) is 0 Å². The molecular weight excluding hydrogens is 452 g/mol. The topological polar surface area (TPSA) is 125 Å². The van der Waals surface area contributed by atoms with Gasteiger partial charge in [-0.15, -0.1) is 0 Å². The number of benzene rings is 1. The molecule has 1 aromatic carbocycles. The van der Waals surface area contributed by atoms with Gasteiger partial charge >= 0.3 is 35.5 Å². The molecule has 0 fully saturated rings. The summed E-state index contributed by atoms with van der Waals surface area (Å²) in [6.45, 7) is 8.37. The van der Waals surface area contributed by atoms with E-state index in [-0.39, 0.29) is 65.8 Å². The van der Waals surface area contributed by atoms with Crippen LogP contribution in [-0.2, 0) is 11.2 Å². The Morgan fingerprint density at radius 1 is 1.09 bits per heavy atom. The maximum absolute atomic E-state index is 13.5. The summed E-state index contributed by atoms with van der Waals surface area (Å²) in [6, 6.07) is 5.76. The Morgan fingerprint density at radius 3 is 2.24 bits per heavy atom. The third kappa shape index (κ3) is 8.78. The van der Waals surface area contributed by atoms with Crippen molar-refractivity contribution in [3.8, 4) is 5.69 Å². The average Bonchev–Trinajstić information content (AvgIpc) is 3.10. The molecule has 2 rings (SSSR count). The van der Waals surface area contributed by atoms with Gasteiger partial charge in [-0.2, -0.15) is 5.10 Å². The molecule has 0 aliphatic heterocycles. The van der Waals surface area contributed by atoms with Gasteiger partial charge in [0, 0.05) is 17.8 Å². The van der Waals surface area contributed by atoms with Gasteiger partial charge in [0.2, 0.25) is 0 Å². The molecule has 0 unspecified atom stereocenters. The molecule has 0 saturated carbocycles. The Kier molecular flexibility index (Phi) is 12.4. The average molecular weight is 488 g/mol. The number of carbonyl (C=O) groups excluding carboxylic acids is 1. The number of amides is 1. The summed E-state index contributed by atoms with van der Waals surface area (Å²) in [7, 11) is 0. The van der Waals surface area contributed by atoms with Crippen LogP contribution in [0.25, 0.3) is 5.69 Å². The third-order valence-corrected chi connectivity index (χ3v) is 5.22. The second kappa shape index (κ2) is 13.9. The van der Waals surface area contributed by atoms with Crippen LogP contribution in [0.5, 0.6) is 0 Å². The van der Waals surface area contributed by atoms with E-state index < -0.39 is 30.4 Å². The van der Waals surface area contributed by atoms with Crippen molar-refractivity contribution in [2.24, 2.45) is 5.92 Å². The summed E-state index contributed by atoms with van der Waals surface area (Å²) >= 11 is 0. The summed E-state index contributed by atoms with van der Waals surface area (Å²) in [5.74, 6) is -1.62. The van der Waals surface area contributed by atoms with Crippen LogP contribution in [0, 0.1) is 11.7 Å². The number of aliphatic carboxylic acids is 1. The monoisotopic (exact) mass is 487 g/mol. The Hall–Kier alpha value is -1.78. The number of carbonyl (C=O) groups is 2. The van der Waals surface area contributed by atoms with Crippen LogP contribution in [0.15, 0.2) is 24.3 Å². The molecule has 1 amide bonds. The van der Waals surface area contributed by atoms with Crippen molar-refractivity contribution in [3.05, 3.63) is 47.0 Å². The molecule has 4 N–H and O–H groups in total. The minimum atomic E-state index is -1.15. The summed E-state index contributed by atoms with van der Waals surface area (Å²) in [5.41, 5.74) is 2.30. The number of carboxylic acid groups (broad SMARTS) is 1. The van der Waals surface area contributed by atoms with E-state index in [1.54, 1.807) is 16.8 Å². The zero-order valence-corrected chi connectivity index (χ0v) is 19.6. The predicted molar refractivity (Wildman–Crippen MR) is 129 cm³/mol. The van der Waals surface area contributed by atoms with E-state index >= 15 is 0 Å². The molecule has 10 heteroatoms. The molecule has 0 saturated heterocycles. The number of aromatic nitrogens is 2. The van der Waals surface area contributed by atoms with E-state index in [1.165, 1.54) is 12.1 Å². The number of hydrogen-bond acceptors (Lipinski definition) is 5. The molecule has 1 aromatic heterocycles. The number of aliphatic hydroxyl groups excluding tert-OH is 2. The molecule has 0 radical (unpaired) electrons. The van der Waals surface area contributed by atoms with E-state index in [2.05, 4.69) is 10.4 Å². The maximum atomic E-state index is 13.5. The van der Waals surface area contributed by atoms with E-state index in [1.807, 2.05) is 27.7 Å². The molecular formula is C24H35FN3NaO5. The standard InChI is InChI=1S/C24H34FN3O5.Na.H/c1-14(2)13-26-24(33)23-22(15(3)4)20(10-9-18(29)11-19(30)12-21(31)32)28(27-23)17-7-5-16(25)6-8-17;;/h5-8,14-15,18-19,29-30H,9-13H2,1-4H3,(H,26,33)(H,31,32);;/t18-,19-;;/m1../s1. The first-order chi connectivity index (χ1) is 15.5. The van der Waals surface area contributed by atoms with Crippen molar-refractivity contribution < 1.29 is 29.3 Å². The Bertz CT molecular complexity index is 947. The fourth-order valence-corrected chi connectivity index (χ4v) is 3.68. The second-order valence-electron chi connectivity index (χ2n) is 9.04. The van der Waals surface area contributed by atoms with Crippen LogP contribution < -0.4 is 5.32 Å². The van der Waals surface area contributed by atoms with Crippen molar-refractivity contribution in [1.82, 2.24) is 15.1 Å². The quantitative estimate of drug-likeness (QED) is 0.341.